The SMILES string of the molecule is CCC1CN(C(CO)CO)CCC(=O)N1Cc1ccccc1. The summed E-state index contributed by atoms with van der Waals surface area (Å²) in [4.78, 5) is 16.5. The molecule has 1 aromatic rings. The molecule has 0 saturated carbocycles. The van der Waals surface area contributed by atoms with Crippen LogP contribution in [-0.4, -0.2) is 64.3 Å². The number of hydrogen-bond acceptors (Lipinski definition) is 4. The Morgan fingerprint density at radius 3 is 2.50 bits per heavy atom. The number of carbonyl (C=O) groups is 1. The first-order chi connectivity index (χ1) is 10.7. The van der Waals surface area contributed by atoms with Gasteiger partial charge in [-0.15, -0.1) is 0 Å². The second kappa shape index (κ2) is 8.27. The number of nitrogens with zero attached hydrogens (tertiary/aromatic N) is 2. The molecule has 2 rings (SSSR count). The lowest BCUT2D eigenvalue weighted by Crippen LogP contribution is -2.47. The van der Waals surface area contributed by atoms with E-state index in [2.05, 4.69) is 6.92 Å². The maximum atomic E-state index is 12.5. The first-order valence-corrected chi connectivity index (χ1v) is 7.98. The van der Waals surface area contributed by atoms with E-state index in [1.807, 2.05) is 40.1 Å². The van der Waals surface area contributed by atoms with E-state index < -0.39 is 0 Å². The predicted octanol–water partition coefficient (Wildman–Crippen LogP) is 0.853. The Balaban J connectivity index is 2.13. The number of rotatable bonds is 6. The summed E-state index contributed by atoms with van der Waals surface area (Å²) in [6, 6.07) is 9.84. The first kappa shape index (κ1) is 16.9. The van der Waals surface area contributed by atoms with Gasteiger partial charge < -0.3 is 15.1 Å². The second-order valence-electron chi connectivity index (χ2n) is 5.83. The Labute approximate surface area is 132 Å². The van der Waals surface area contributed by atoms with Crippen molar-refractivity contribution in [1.29, 1.82) is 0 Å². The van der Waals surface area contributed by atoms with Crippen molar-refractivity contribution >= 4 is 5.91 Å². The molecule has 5 heteroatoms. The van der Waals surface area contributed by atoms with E-state index in [1.165, 1.54) is 0 Å². The normalized spacial score (nSPS) is 20.5. The Morgan fingerprint density at radius 1 is 1.23 bits per heavy atom. The Hall–Kier alpha value is -1.43. The first-order valence-electron chi connectivity index (χ1n) is 7.98. The minimum absolute atomic E-state index is 0.0835. The van der Waals surface area contributed by atoms with E-state index in [-0.39, 0.29) is 31.2 Å². The fourth-order valence-corrected chi connectivity index (χ4v) is 3.01. The van der Waals surface area contributed by atoms with Gasteiger partial charge in [0.15, 0.2) is 0 Å². The molecule has 0 spiro atoms. The van der Waals surface area contributed by atoms with E-state index in [1.54, 1.807) is 0 Å². The smallest absolute Gasteiger partial charge is 0.224 e. The van der Waals surface area contributed by atoms with Gasteiger partial charge in [-0.05, 0) is 12.0 Å². The van der Waals surface area contributed by atoms with Crippen LogP contribution in [0.5, 0.6) is 0 Å². The van der Waals surface area contributed by atoms with Crippen LogP contribution < -0.4 is 0 Å². The van der Waals surface area contributed by atoms with Gasteiger partial charge in [0, 0.05) is 32.1 Å². The maximum Gasteiger partial charge on any atom is 0.224 e. The van der Waals surface area contributed by atoms with Gasteiger partial charge in [-0.1, -0.05) is 37.3 Å². The summed E-state index contributed by atoms with van der Waals surface area (Å²) in [5, 5.41) is 18.8. The molecule has 22 heavy (non-hydrogen) atoms. The van der Waals surface area contributed by atoms with Crippen molar-refractivity contribution in [2.75, 3.05) is 26.3 Å². The van der Waals surface area contributed by atoms with E-state index in [0.717, 1.165) is 12.0 Å². The molecule has 122 valence electrons. The highest BCUT2D eigenvalue weighted by Gasteiger charge is 2.31. The molecular weight excluding hydrogens is 280 g/mol. The van der Waals surface area contributed by atoms with Gasteiger partial charge >= 0.3 is 0 Å². The minimum Gasteiger partial charge on any atom is -0.395 e. The van der Waals surface area contributed by atoms with Crippen LogP contribution in [0.15, 0.2) is 30.3 Å². The third kappa shape index (κ3) is 4.06. The highest BCUT2D eigenvalue weighted by atomic mass is 16.3. The van der Waals surface area contributed by atoms with Crippen molar-refractivity contribution < 1.29 is 15.0 Å². The van der Waals surface area contributed by atoms with Crippen molar-refractivity contribution in [3.05, 3.63) is 35.9 Å². The molecule has 1 atom stereocenters. The van der Waals surface area contributed by atoms with Crippen LogP contribution >= 0.6 is 0 Å². The van der Waals surface area contributed by atoms with Gasteiger partial charge in [-0.25, -0.2) is 0 Å². The molecule has 0 aliphatic carbocycles. The van der Waals surface area contributed by atoms with E-state index in [4.69, 9.17) is 0 Å². The zero-order valence-corrected chi connectivity index (χ0v) is 13.2. The summed E-state index contributed by atoms with van der Waals surface area (Å²) in [6.45, 7) is 3.81. The monoisotopic (exact) mass is 306 g/mol. The van der Waals surface area contributed by atoms with Crippen LogP contribution in [0.25, 0.3) is 0 Å². The Kier molecular flexibility index (Phi) is 6.36. The molecule has 1 aliphatic heterocycles. The number of carbonyl (C=O) groups excluding carboxylic acids is 1. The molecule has 1 heterocycles. The molecule has 0 aromatic heterocycles. The van der Waals surface area contributed by atoms with Crippen molar-refractivity contribution in [3.8, 4) is 0 Å². The predicted molar refractivity (Wildman–Crippen MR) is 85.2 cm³/mol. The summed E-state index contributed by atoms with van der Waals surface area (Å²) in [6.07, 6.45) is 1.29. The van der Waals surface area contributed by atoms with E-state index in [0.29, 0.717) is 26.1 Å². The number of aliphatic hydroxyl groups is 2. The van der Waals surface area contributed by atoms with Crippen LogP contribution in [0.4, 0.5) is 0 Å². The van der Waals surface area contributed by atoms with E-state index >= 15 is 0 Å². The summed E-state index contributed by atoms with van der Waals surface area (Å²) < 4.78 is 0. The van der Waals surface area contributed by atoms with Crippen LogP contribution in [0.1, 0.15) is 25.3 Å². The molecule has 1 aliphatic rings. The van der Waals surface area contributed by atoms with Gasteiger partial charge in [-0.3, -0.25) is 9.69 Å². The van der Waals surface area contributed by atoms with Gasteiger partial charge in [0.1, 0.15) is 0 Å². The van der Waals surface area contributed by atoms with Gasteiger partial charge in [-0.2, -0.15) is 0 Å². The summed E-state index contributed by atoms with van der Waals surface area (Å²) >= 11 is 0. The molecule has 0 radical (unpaired) electrons. The molecular formula is C17H26N2O3. The third-order valence-corrected chi connectivity index (χ3v) is 4.42. The molecule has 2 N–H and O–H groups in total. The highest BCUT2D eigenvalue weighted by Crippen LogP contribution is 2.19. The van der Waals surface area contributed by atoms with Gasteiger partial charge in [0.25, 0.3) is 0 Å². The van der Waals surface area contributed by atoms with Crippen molar-refractivity contribution in [2.24, 2.45) is 0 Å². The molecule has 1 unspecified atom stereocenters. The number of benzene rings is 1. The van der Waals surface area contributed by atoms with Gasteiger partial charge in [0.05, 0.1) is 19.3 Å². The molecule has 1 amide bonds. The minimum atomic E-state index is -0.279. The molecule has 5 nitrogen and oxygen atoms in total. The quantitative estimate of drug-likeness (QED) is 0.818. The zero-order valence-electron chi connectivity index (χ0n) is 13.2. The highest BCUT2D eigenvalue weighted by molar-refractivity contribution is 5.77. The molecule has 0 bridgehead atoms. The second-order valence-corrected chi connectivity index (χ2v) is 5.83. The van der Waals surface area contributed by atoms with Crippen LogP contribution in [0, 0.1) is 0 Å². The molecule has 1 aromatic carbocycles. The van der Waals surface area contributed by atoms with Crippen molar-refractivity contribution in [3.63, 3.8) is 0 Å². The van der Waals surface area contributed by atoms with E-state index in [9.17, 15) is 15.0 Å². The maximum absolute atomic E-state index is 12.5. The Bertz CT molecular complexity index is 462. The molecule has 1 fully saturated rings. The van der Waals surface area contributed by atoms with Crippen molar-refractivity contribution in [2.45, 2.75) is 38.4 Å². The topological polar surface area (TPSA) is 64.0 Å². The van der Waals surface area contributed by atoms with Crippen LogP contribution in [0.3, 0.4) is 0 Å². The number of amides is 1. The lowest BCUT2D eigenvalue weighted by Gasteiger charge is -2.33. The van der Waals surface area contributed by atoms with Crippen LogP contribution in [-0.2, 0) is 11.3 Å². The Morgan fingerprint density at radius 2 is 1.91 bits per heavy atom. The summed E-state index contributed by atoms with van der Waals surface area (Å²) in [5.74, 6) is 0.146. The standard InChI is InChI=1S/C17H26N2O3/c1-2-15-11-18(16(12-20)13-21)9-8-17(22)19(15)10-14-6-4-3-5-7-14/h3-7,15-16,20-21H,2,8-13H2,1H3. The average molecular weight is 306 g/mol. The number of hydrogen-bond donors (Lipinski definition) is 2. The van der Waals surface area contributed by atoms with Gasteiger partial charge in [0.2, 0.25) is 5.91 Å². The number of aliphatic hydroxyl groups excluding tert-OH is 2. The lowest BCUT2D eigenvalue weighted by molar-refractivity contribution is -0.133. The average Bonchev–Trinajstić information content (AvgIpc) is 2.70. The summed E-state index contributed by atoms with van der Waals surface area (Å²) in [5.41, 5.74) is 1.13. The summed E-state index contributed by atoms with van der Waals surface area (Å²) in [7, 11) is 0. The molecule has 1 saturated heterocycles. The van der Waals surface area contributed by atoms with Crippen LogP contribution in [0.2, 0.25) is 0 Å². The largest absolute Gasteiger partial charge is 0.395 e. The fourth-order valence-electron chi connectivity index (χ4n) is 3.01. The third-order valence-electron chi connectivity index (χ3n) is 4.42. The van der Waals surface area contributed by atoms with Crippen molar-refractivity contribution in [1.82, 2.24) is 9.80 Å². The zero-order chi connectivity index (χ0) is 15.9. The lowest BCUT2D eigenvalue weighted by atomic mass is 10.1. The fraction of sp³-hybridized carbons (Fsp3) is 0.588.